The Hall–Kier alpha value is -0.920. The van der Waals surface area contributed by atoms with Crippen LogP contribution in [0.15, 0.2) is 25.2 Å². The fourth-order valence-electron chi connectivity index (χ4n) is 0.466. The van der Waals surface area contributed by atoms with Gasteiger partial charge < -0.3 is 10.2 Å². The van der Waals surface area contributed by atoms with Crippen molar-refractivity contribution in [3.8, 4) is 0 Å². The van der Waals surface area contributed by atoms with E-state index in [-0.39, 0.29) is 0 Å². The van der Waals surface area contributed by atoms with E-state index < -0.39 is 0 Å². The molecule has 0 fully saturated rings. The molecule has 0 rings (SSSR count). The van der Waals surface area contributed by atoms with Gasteiger partial charge in [-0.25, -0.2) is 0 Å². The lowest BCUT2D eigenvalue weighted by Gasteiger charge is -2.09. The second-order valence-corrected chi connectivity index (χ2v) is 1.62. The summed E-state index contributed by atoms with van der Waals surface area (Å²) in [6.07, 6.45) is 5.59. The molecule has 0 saturated carbocycles. The number of nitrogens with one attached hydrogen (secondary N) is 1. The maximum atomic E-state index is 3.63. The minimum absolute atomic E-state index is 0.960. The Morgan fingerprint density at radius 2 is 2.33 bits per heavy atom. The van der Waals surface area contributed by atoms with E-state index in [1.54, 1.807) is 6.20 Å². The number of hydrogen-bond donors (Lipinski definition) is 1. The standard InChI is InChI=1S/C7H14N2/c1-4-9(5-2)7-6-8-3/h4,6-8H,1,5H2,2-3H3/b7-6-. The monoisotopic (exact) mass is 126 g/mol. The highest BCUT2D eigenvalue weighted by atomic mass is 15.1. The predicted octanol–water partition coefficient (Wildman–Crippen LogP) is 1.14. The number of hydrogen-bond acceptors (Lipinski definition) is 2. The van der Waals surface area contributed by atoms with Gasteiger partial charge in [0.2, 0.25) is 0 Å². The van der Waals surface area contributed by atoms with Crippen LogP contribution in [0.3, 0.4) is 0 Å². The zero-order valence-corrected chi connectivity index (χ0v) is 6.09. The van der Waals surface area contributed by atoms with Crippen molar-refractivity contribution in [1.29, 1.82) is 0 Å². The third kappa shape index (κ3) is 3.64. The van der Waals surface area contributed by atoms with Crippen LogP contribution in [0, 0.1) is 0 Å². The summed E-state index contributed by atoms with van der Waals surface area (Å²) in [5.74, 6) is 0. The second-order valence-electron chi connectivity index (χ2n) is 1.62. The molecule has 0 heterocycles. The van der Waals surface area contributed by atoms with Crippen LogP contribution < -0.4 is 5.32 Å². The van der Waals surface area contributed by atoms with Gasteiger partial charge in [0.05, 0.1) is 0 Å². The van der Waals surface area contributed by atoms with Crippen molar-refractivity contribution >= 4 is 0 Å². The molecule has 9 heavy (non-hydrogen) atoms. The molecule has 2 heteroatoms. The van der Waals surface area contributed by atoms with Crippen molar-refractivity contribution in [1.82, 2.24) is 10.2 Å². The van der Waals surface area contributed by atoms with Gasteiger partial charge in [-0.2, -0.15) is 0 Å². The summed E-state index contributed by atoms with van der Waals surface area (Å²) in [5, 5.41) is 2.90. The number of nitrogens with zero attached hydrogens (tertiary/aromatic N) is 1. The molecule has 0 atom stereocenters. The molecule has 52 valence electrons. The van der Waals surface area contributed by atoms with E-state index in [0.29, 0.717) is 0 Å². The van der Waals surface area contributed by atoms with Crippen molar-refractivity contribution in [2.75, 3.05) is 13.6 Å². The molecule has 0 amide bonds. The molecule has 0 spiro atoms. The summed E-state index contributed by atoms with van der Waals surface area (Å²) >= 11 is 0. The normalized spacial score (nSPS) is 9.56. The third-order valence-corrected chi connectivity index (χ3v) is 1.03. The molecule has 0 unspecified atom stereocenters. The van der Waals surface area contributed by atoms with Gasteiger partial charge in [-0.1, -0.05) is 6.58 Å². The Morgan fingerprint density at radius 3 is 2.67 bits per heavy atom. The first-order valence-electron chi connectivity index (χ1n) is 3.07. The van der Waals surface area contributed by atoms with E-state index in [4.69, 9.17) is 0 Å². The van der Waals surface area contributed by atoms with Crippen LogP contribution in [0.1, 0.15) is 6.92 Å². The quantitative estimate of drug-likeness (QED) is 0.607. The summed E-state index contributed by atoms with van der Waals surface area (Å²) in [5.41, 5.74) is 0. The van der Waals surface area contributed by atoms with E-state index in [1.165, 1.54) is 0 Å². The molecule has 0 saturated heterocycles. The van der Waals surface area contributed by atoms with Gasteiger partial charge in [-0.3, -0.25) is 0 Å². The van der Waals surface area contributed by atoms with E-state index in [9.17, 15) is 0 Å². The largest absolute Gasteiger partial charge is 0.393 e. The Balaban J connectivity index is 3.54. The van der Waals surface area contributed by atoms with Gasteiger partial charge in [0.1, 0.15) is 0 Å². The first kappa shape index (κ1) is 8.08. The third-order valence-electron chi connectivity index (χ3n) is 1.03. The SMILES string of the molecule is C=CN(/C=C\NC)CC. The van der Waals surface area contributed by atoms with Gasteiger partial charge in [0, 0.05) is 26.0 Å². The van der Waals surface area contributed by atoms with Crippen molar-refractivity contribution in [3.63, 3.8) is 0 Å². The lowest BCUT2D eigenvalue weighted by Crippen LogP contribution is -2.08. The summed E-state index contributed by atoms with van der Waals surface area (Å²) in [7, 11) is 1.87. The summed E-state index contributed by atoms with van der Waals surface area (Å²) in [6.45, 7) is 6.66. The van der Waals surface area contributed by atoms with Crippen LogP contribution in [0.25, 0.3) is 0 Å². The first-order chi connectivity index (χ1) is 4.35. The molecule has 0 bridgehead atoms. The van der Waals surface area contributed by atoms with Crippen LogP contribution in [-0.2, 0) is 0 Å². The zero-order chi connectivity index (χ0) is 7.11. The van der Waals surface area contributed by atoms with Gasteiger partial charge in [-0.15, -0.1) is 0 Å². The molecule has 0 radical (unpaired) electrons. The van der Waals surface area contributed by atoms with Crippen molar-refractivity contribution < 1.29 is 0 Å². The highest BCUT2D eigenvalue weighted by molar-refractivity contribution is 4.84. The average Bonchev–Trinajstić information content (AvgIpc) is 1.91. The first-order valence-corrected chi connectivity index (χ1v) is 3.07. The maximum absolute atomic E-state index is 3.63. The van der Waals surface area contributed by atoms with Crippen molar-refractivity contribution in [2.45, 2.75) is 6.92 Å². The Bertz CT molecular complexity index is 97.1. The van der Waals surface area contributed by atoms with Crippen LogP contribution in [0.5, 0.6) is 0 Å². The number of rotatable bonds is 4. The van der Waals surface area contributed by atoms with E-state index >= 15 is 0 Å². The van der Waals surface area contributed by atoms with E-state index in [0.717, 1.165) is 6.54 Å². The van der Waals surface area contributed by atoms with Crippen LogP contribution in [0.2, 0.25) is 0 Å². The summed E-state index contributed by atoms with van der Waals surface area (Å²) in [6, 6.07) is 0. The van der Waals surface area contributed by atoms with Crippen molar-refractivity contribution in [2.24, 2.45) is 0 Å². The minimum Gasteiger partial charge on any atom is -0.393 e. The second kappa shape index (κ2) is 5.22. The van der Waals surface area contributed by atoms with Crippen molar-refractivity contribution in [3.05, 3.63) is 25.2 Å². The molecule has 0 aromatic heterocycles. The summed E-state index contributed by atoms with van der Waals surface area (Å²) < 4.78 is 0. The Kier molecular flexibility index (Phi) is 4.69. The summed E-state index contributed by atoms with van der Waals surface area (Å²) in [4.78, 5) is 1.98. The topological polar surface area (TPSA) is 15.3 Å². The molecule has 0 aliphatic carbocycles. The molecule has 0 aliphatic rings. The predicted molar refractivity (Wildman–Crippen MR) is 40.8 cm³/mol. The highest BCUT2D eigenvalue weighted by Crippen LogP contribution is 1.86. The van der Waals surface area contributed by atoms with Crippen LogP contribution >= 0.6 is 0 Å². The highest BCUT2D eigenvalue weighted by Gasteiger charge is 1.82. The molecule has 2 nitrogen and oxygen atoms in total. The Morgan fingerprint density at radius 1 is 1.67 bits per heavy atom. The van der Waals surface area contributed by atoms with Crippen LogP contribution in [-0.4, -0.2) is 18.5 Å². The molecule has 0 aromatic carbocycles. The van der Waals surface area contributed by atoms with Gasteiger partial charge in [-0.05, 0) is 13.1 Å². The lowest BCUT2D eigenvalue weighted by molar-refractivity contribution is 0.535. The fourth-order valence-corrected chi connectivity index (χ4v) is 0.466. The van der Waals surface area contributed by atoms with Gasteiger partial charge in [0.15, 0.2) is 0 Å². The van der Waals surface area contributed by atoms with Crippen LogP contribution in [0.4, 0.5) is 0 Å². The van der Waals surface area contributed by atoms with Gasteiger partial charge >= 0.3 is 0 Å². The Labute approximate surface area is 56.9 Å². The molecule has 1 N–H and O–H groups in total. The smallest absolute Gasteiger partial charge is 0.0191 e. The lowest BCUT2D eigenvalue weighted by atomic mass is 10.6. The van der Waals surface area contributed by atoms with E-state index in [1.807, 2.05) is 24.3 Å². The van der Waals surface area contributed by atoms with Gasteiger partial charge in [0.25, 0.3) is 0 Å². The maximum Gasteiger partial charge on any atom is 0.0191 e. The molecular weight excluding hydrogens is 112 g/mol. The molecule has 0 aliphatic heterocycles. The molecule has 0 aromatic rings. The fraction of sp³-hybridized carbons (Fsp3) is 0.429. The van der Waals surface area contributed by atoms with E-state index in [2.05, 4.69) is 18.8 Å². The minimum atomic E-state index is 0.960. The average molecular weight is 126 g/mol. The zero-order valence-electron chi connectivity index (χ0n) is 6.09. The molecular formula is C7H14N2.